The van der Waals surface area contributed by atoms with E-state index in [9.17, 15) is 4.39 Å². The van der Waals surface area contributed by atoms with E-state index in [2.05, 4.69) is 10.1 Å². The number of halogens is 1. The zero-order chi connectivity index (χ0) is 14.7. The molecule has 1 aromatic carbocycles. The molecule has 0 bridgehead atoms. The maximum atomic E-state index is 12.9. The molecule has 7 heteroatoms. The second-order valence-electron chi connectivity index (χ2n) is 4.97. The summed E-state index contributed by atoms with van der Waals surface area (Å²) in [4.78, 5) is 6.35. The van der Waals surface area contributed by atoms with Crippen LogP contribution in [0, 0.1) is 5.82 Å². The minimum absolute atomic E-state index is 0.00815. The highest BCUT2D eigenvalue weighted by molar-refractivity contribution is 5.28. The fourth-order valence-electron chi connectivity index (χ4n) is 2.27. The fraction of sp³-hybridized carbons (Fsp3) is 0.429. The summed E-state index contributed by atoms with van der Waals surface area (Å²) in [5, 5.41) is 3.97. The predicted molar refractivity (Wildman–Crippen MR) is 74.5 cm³/mol. The van der Waals surface area contributed by atoms with Gasteiger partial charge in [-0.1, -0.05) is 17.3 Å². The van der Waals surface area contributed by atoms with Gasteiger partial charge in [-0.05, 0) is 17.7 Å². The minimum Gasteiger partial charge on any atom is -0.373 e. The van der Waals surface area contributed by atoms with Crippen LogP contribution < -0.4 is 10.6 Å². The van der Waals surface area contributed by atoms with Crippen LogP contribution in [0.25, 0.3) is 0 Å². The van der Waals surface area contributed by atoms with E-state index < -0.39 is 0 Å². The molecule has 2 aromatic rings. The molecule has 2 heterocycles. The summed E-state index contributed by atoms with van der Waals surface area (Å²) in [6.07, 6.45) is 0.500. The summed E-state index contributed by atoms with van der Waals surface area (Å²) in [5.41, 5.74) is 6.55. The van der Waals surface area contributed by atoms with Crippen molar-refractivity contribution in [3.05, 3.63) is 41.5 Å². The van der Waals surface area contributed by atoms with Crippen LogP contribution in [0.15, 0.2) is 28.8 Å². The Bertz CT molecular complexity index is 587. The summed E-state index contributed by atoms with van der Waals surface area (Å²) in [6.45, 7) is 2.41. The first-order chi connectivity index (χ1) is 10.2. The van der Waals surface area contributed by atoms with Crippen molar-refractivity contribution in [1.29, 1.82) is 0 Å². The van der Waals surface area contributed by atoms with Crippen molar-refractivity contribution in [3.8, 4) is 0 Å². The number of rotatable bonds is 4. The molecule has 1 atom stereocenters. The molecule has 0 saturated carbocycles. The van der Waals surface area contributed by atoms with E-state index in [0.717, 1.165) is 5.56 Å². The van der Waals surface area contributed by atoms with Crippen LogP contribution in [0.3, 0.4) is 0 Å². The molecule has 1 fully saturated rings. The Kier molecular flexibility index (Phi) is 4.12. The number of morpholine rings is 1. The van der Waals surface area contributed by atoms with Crippen molar-refractivity contribution in [3.63, 3.8) is 0 Å². The molecule has 112 valence electrons. The molecule has 1 saturated heterocycles. The summed E-state index contributed by atoms with van der Waals surface area (Å²) in [6, 6.07) is 6.75. The van der Waals surface area contributed by atoms with E-state index in [0.29, 0.717) is 44.5 Å². The van der Waals surface area contributed by atoms with Crippen LogP contribution in [-0.4, -0.2) is 42.5 Å². The molecule has 1 aliphatic heterocycles. The second kappa shape index (κ2) is 6.19. The maximum Gasteiger partial charge on any atom is 0.324 e. The highest BCUT2D eigenvalue weighted by atomic mass is 19.1. The normalized spacial score (nSPS) is 19.0. The summed E-state index contributed by atoms with van der Waals surface area (Å²) < 4.78 is 23.7. The second-order valence-corrected chi connectivity index (χ2v) is 4.97. The van der Waals surface area contributed by atoms with Crippen LogP contribution in [0.5, 0.6) is 0 Å². The SMILES string of the molecule is NCC1CN(c2nc(Cc3ccc(F)cc3)no2)CCO1. The van der Waals surface area contributed by atoms with Gasteiger partial charge in [-0.15, -0.1) is 0 Å². The van der Waals surface area contributed by atoms with E-state index >= 15 is 0 Å². The van der Waals surface area contributed by atoms with Gasteiger partial charge in [0.2, 0.25) is 0 Å². The number of nitrogens with zero attached hydrogens (tertiary/aromatic N) is 3. The molecule has 1 aliphatic rings. The molecule has 0 aliphatic carbocycles. The lowest BCUT2D eigenvalue weighted by Gasteiger charge is -2.30. The van der Waals surface area contributed by atoms with Gasteiger partial charge in [0.1, 0.15) is 5.82 Å². The van der Waals surface area contributed by atoms with Gasteiger partial charge in [0, 0.05) is 26.1 Å². The maximum absolute atomic E-state index is 12.9. The number of hydrogen-bond acceptors (Lipinski definition) is 6. The molecule has 2 N–H and O–H groups in total. The van der Waals surface area contributed by atoms with Gasteiger partial charge in [0.25, 0.3) is 0 Å². The third-order valence-corrected chi connectivity index (χ3v) is 3.41. The number of ether oxygens (including phenoxy) is 1. The Morgan fingerprint density at radius 3 is 2.90 bits per heavy atom. The largest absolute Gasteiger partial charge is 0.373 e. The van der Waals surface area contributed by atoms with Crippen molar-refractivity contribution < 1.29 is 13.7 Å². The van der Waals surface area contributed by atoms with Crippen molar-refractivity contribution in [2.45, 2.75) is 12.5 Å². The fourth-order valence-corrected chi connectivity index (χ4v) is 2.27. The average molecular weight is 292 g/mol. The van der Waals surface area contributed by atoms with E-state index in [1.165, 1.54) is 12.1 Å². The third kappa shape index (κ3) is 3.37. The number of aromatic nitrogens is 2. The Morgan fingerprint density at radius 1 is 1.33 bits per heavy atom. The number of nitrogens with two attached hydrogens (primary N) is 1. The minimum atomic E-state index is -0.256. The quantitative estimate of drug-likeness (QED) is 0.904. The summed E-state index contributed by atoms with van der Waals surface area (Å²) in [5.74, 6) is 0.320. The molecule has 0 spiro atoms. The van der Waals surface area contributed by atoms with Gasteiger partial charge in [-0.3, -0.25) is 0 Å². The Morgan fingerprint density at radius 2 is 2.14 bits per heavy atom. The smallest absolute Gasteiger partial charge is 0.324 e. The molecular weight excluding hydrogens is 275 g/mol. The van der Waals surface area contributed by atoms with Crippen molar-refractivity contribution in [2.75, 3.05) is 31.1 Å². The van der Waals surface area contributed by atoms with E-state index in [4.69, 9.17) is 15.0 Å². The zero-order valence-corrected chi connectivity index (χ0v) is 11.5. The van der Waals surface area contributed by atoms with Crippen LogP contribution in [-0.2, 0) is 11.2 Å². The van der Waals surface area contributed by atoms with Crippen molar-refractivity contribution >= 4 is 6.01 Å². The first kappa shape index (κ1) is 14.0. The van der Waals surface area contributed by atoms with E-state index in [1.54, 1.807) is 12.1 Å². The molecule has 1 unspecified atom stereocenters. The van der Waals surface area contributed by atoms with Crippen LogP contribution in [0.1, 0.15) is 11.4 Å². The Labute approximate surface area is 121 Å². The van der Waals surface area contributed by atoms with Crippen molar-refractivity contribution in [1.82, 2.24) is 10.1 Å². The van der Waals surface area contributed by atoms with Crippen LogP contribution >= 0.6 is 0 Å². The van der Waals surface area contributed by atoms with Gasteiger partial charge in [-0.2, -0.15) is 4.98 Å². The highest BCUT2D eigenvalue weighted by Crippen LogP contribution is 2.16. The molecule has 21 heavy (non-hydrogen) atoms. The van der Waals surface area contributed by atoms with Gasteiger partial charge in [0.15, 0.2) is 5.82 Å². The average Bonchev–Trinajstić information content (AvgIpc) is 2.98. The summed E-state index contributed by atoms with van der Waals surface area (Å²) in [7, 11) is 0. The summed E-state index contributed by atoms with van der Waals surface area (Å²) >= 11 is 0. The van der Waals surface area contributed by atoms with Gasteiger partial charge >= 0.3 is 6.01 Å². The first-order valence-corrected chi connectivity index (χ1v) is 6.88. The topological polar surface area (TPSA) is 77.4 Å². The Balaban J connectivity index is 1.67. The van der Waals surface area contributed by atoms with Crippen LogP contribution in [0.2, 0.25) is 0 Å². The lowest BCUT2D eigenvalue weighted by atomic mass is 10.1. The number of hydrogen-bond donors (Lipinski definition) is 1. The number of benzene rings is 1. The third-order valence-electron chi connectivity index (χ3n) is 3.41. The monoisotopic (exact) mass is 292 g/mol. The standard InChI is InChI=1S/C14H17FN4O2/c15-11-3-1-10(2-4-11)7-13-17-14(21-18-13)19-5-6-20-12(8-16)9-19/h1-4,12H,5-9,16H2. The lowest BCUT2D eigenvalue weighted by Crippen LogP contribution is -2.45. The molecule has 1 aromatic heterocycles. The first-order valence-electron chi connectivity index (χ1n) is 6.88. The number of anilines is 1. The molecule has 0 amide bonds. The van der Waals surface area contributed by atoms with Gasteiger partial charge < -0.3 is 19.9 Å². The molecule has 6 nitrogen and oxygen atoms in total. The van der Waals surface area contributed by atoms with Gasteiger partial charge in [0.05, 0.1) is 12.7 Å². The van der Waals surface area contributed by atoms with Crippen LogP contribution in [0.4, 0.5) is 10.4 Å². The van der Waals surface area contributed by atoms with Crippen molar-refractivity contribution in [2.24, 2.45) is 5.73 Å². The lowest BCUT2D eigenvalue weighted by molar-refractivity contribution is 0.0444. The van der Waals surface area contributed by atoms with E-state index in [-0.39, 0.29) is 11.9 Å². The van der Waals surface area contributed by atoms with E-state index in [1.807, 2.05) is 4.90 Å². The van der Waals surface area contributed by atoms with Gasteiger partial charge in [-0.25, -0.2) is 4.39 Å². The molecular formula is C14H17FN4O2. The zero-order valence-electron chi connectivity index (χ0n) is 11.5. The molecule has 3 rings (SSSR count). The highest BCUT2D eigenvalue weighted by Gasteiger charge is 2.23. The molecule has 0 radical (unpaired) electrons. The predicted octanol–water partition coefficient (Wildman–Crippen LogP) is 0.963. The Hall–Kier alpha value is -1.99.